The van der Waals surface area contributed by atoms with Gasteiger partial charge in [-0.1, -0.05) is 36.2 Å². The Labute approximate surface area is 157 Å². The SMILES string of the molecule is CC12CCNCC1Oc1ccc(S(=O)(=O)c3cccc(Cl)c3Cl)cc12. The van der Waals surface area contributed by atoms with Crippen molar-refractivity contribution in [2.75, 3.05) is 13.1 Å². The first-order chi connectivity index (χ1) is 11.8. The molecule has 2 heterocycles. The minimum absolute atomic E-state index is 0.0176. The average Bonchev–Trinajstić information content (AvgIpc) is 2.89. The van der Waals surface area contributed by atoms with Crippen molar-refractivity contribution < 1.29 is 13.2 Å². The number of fused-ring (bicyclic) bond motifs is 3. The van der Waals surface area contributed by atoms with Crippen LogP contribution in [0.3, 0.4) is 0 Å². The molecule has 0 bridgehead atoms. The normalized spacial score (nSPS) is 25.2. The van der Waals surface area contributed by atoms with Gasteiger partial charge in [0, 0.05) is 17.5 Å². The first-order valence-electron chi connectivity index (χ1n) is 8.05. The largest absolute Gasteiger partial charge is 0.488 e. The molecular formula is C18H17Cl2NO3S. The maximum absolute atomic E-state index is 13.1. The average molecular weight is 398 g/mol. The van der Waals surface area contributed by atoms with Crippen LogP contribution in [0.4, 0.5) is 0 Å². The molecule has 0 saturated carbocycles. The molecule has 0 aliphatic carbocycles. The van der Waals surface area contributed by atoms with Gasteiger partial charge in [0.05, 0.1) is 19.8 Å². The summed E-state index contributed by atoms with van der Waals surface area (Å²) in [7, 11) is -3.77. The van der Waals surface area contributed by atoms with E-state index in [9.17, 15) is 8.42 Å². The number of benzene rings is 2. The number of nitrogens with one attached hydrogen (secondary N) is 1. The molecule has 4 nitrogen and oxygen atoms in total. The van der Waals surface area contributed by atoms with E-state index in [-0.39, 0.29) is 31.4 Å². The number of piperidine rings is 1. The quantitative estimate of drug-likeness (QED) is 0.835. The molecule has 2 aliphatic rings. The van der Waals surface area contributed by atoms with Crippen molar-refractivity contribution in [3.8, 4) is 5.75 Å². The highest BCUT2D eigenvalue weighted by Gasteiger charge is 2.47. The molecule has 1 saturated heterocycles. The molecular weight excluding hydrogens is 381 g/mol. The van der Waals surface area contributed by atoms with Crippen LogP contribution in [0.1, 0.15) is 18.9 Å². The van der Waals surface area contributed by atoms with E-state index in [1.807, 2.05) is 0 Å². The summed E-state index contributed by atoms with van der Waals surface area (Å²) in [6.45, 7) is 3.77. The van der Waals surface area contributed by atoms with Crippen LogP contribution in [-0.2, 0) is 15.3 Å². The number of ether oxygens (including phenoxy) is 1. The third-order valence-corrected chi connectivity index (χ3v) is 7.94. The van der Waals surface area contributed by atoms with Crippen LogP contribution < -0.4 is 10.1 Å². The summed E-state index contributed by atoms with van der Waals surface area (Å²) in [6, 6.07) is 9.67. The zero-order valence-corrected chi connectivity index (χ0v) is 15.9. The van der Waals surface area contributed by atoms with Gasteiger partial charge in [0.1, 0.15) is 11.9 Å². The Morgan fingerprint density at radius 3 is 2.84 bits per heavy atom. The zero-order valence-electron chi connectivity index (χ0n) is 13.6. The molecule has 4 rings (SSSR count). The molecule has 0 spiro atoms. The lowest BCUT2D eigenvalue weighted by Crippen LogP contribution is -2.49. The fraction of sp³-hybridized carbons (Fsp3) is 0.333. The number of halogens is 2. The number of hydrogen-bond acceptors (Lipinski definition) is 4. The van der Waals surface area contributed by atoms with Gasteiger partial charge < -0.3 is 10.1 Å². The van der Waals surface area contributed by atoms with Crippen LogP contribution in [0.2, 0.25) is 10.0 Å². The van der Waals surface area contributed by atoms with Crippen molar-refractivity contribution in [1.29, 1.82) is 0 Å². The highest BCUT2D eigenvalue weighted by Crippen LogP contribution is 2.47. The third-order valence-electron chi connectivity index (χ3n) is 5.21. The van der Waals surface area contributed by atoms with E-state index in [1.165, 1.54) is 6.07 Å². The molecule has 1 fully saturated rings. The molecule has 2 unspecified atom stereocenters. The topological polar surface area (TPSA) is 55.4 Å². The highest BCUT2D eigenvalue weighted by molar-refractivity contribution is 7.91. The molecule has 0 amide bonds. The maximum Gasteiger partial charge on any atom is 0.208 e. The molecule has 7 heteroatoms. The molecule has 132 valence electrons. The van der Waals surface area contributed by atoms with Gasteiger partial charge in [-0.15, -0.1) is 0 Å². The number of rotatable bonds is 2. The van der Waals surface area contributed by atoms with Crippen LogP contribution in [0.15, 0.2) is 46.2 Å². The first kappa shape index (κ1) is 17.2. The summed E-state index contributed by atoms with van der Waals surface area (Å²) in [6.07, 6.45) is 0.912. The second-order valence-corrected chi connectivity index (χ2v) is 9.39. The molecule has 0 radical (unpaired) electrons. The monoisotopic (exact) mass is 397 g/mol. The van der Waals surface area contributed by atoms with Crippen LogP contribution >= 0.6 is 23.2 Å². The lowest BCUT2D eigenvalue weighted by molar-refractivity contribution is 0.124. The Kier molecular flexibility index (Phi) is 4.03. The van der Waals surface area contributed by atoms with E-state index in [0.29, 0.717) is 0 Å². The minimum atomic E-state index is -3.77. The molecule has 1 N–H and O–H groups in total. The van der Waals surface area contributed by atoms with Crippen LogP contribution in [-0.4, -0.2) is 27.6 Å². The summed E-state index contributed by atoms with van der Waals surface area (Å²) in [4.78, 5) is 0.229. The molecule has 0 aromatic heterocycles. The summed E-state index contributed by atoms with van der Waals surface area (Å²) in [5.74, 6) is 0.757. The van der Waals surface area contributed by atoms with Gasteiger partial charge in [0.2, 0.25) is 9.84 Å². The van der Waals surface area contributed by atoms with E-state index in [4.69, 9.17) is 27.9 Å². The second-order valence-electron chi connectivity index (χ2n) is 6.69. The summed E-state index contributed by atoms with van der Waals surface area (Å²) >= 11 is 12.1. The molecule has 2 aromatic rings. The summed E-state index contributed by atoms with van der Waals surface area (Å²) in [5, 5.41) is 3.59. The third kappa shape index (κ3) is 2.56. The number of sulfone groups is 1. The van der Waals surface area contributed by atoms with Gasteiger partial charge in [-0.25, -0.2) is 8.42 Å². The van der Waals surface area contributed by atoms with E-state index in [0.717, 1.165) is 30.8 Å². The van der Waals surface area contributed by atoms with Crippen molar-refractivity contribution in [3.05, 3.63) is 52.0 Å². The van der Waals surface area contributed by atoms with Gasteiger partial charge in [0.25, 0.3) is 0 Å². The van der Waals surface area contributed by atoms with Crippen molar-refractivity contribution in [3.63, 3.8) is 0 Å². The molecule has 25 heavy (non-hydrogen) atoms. The van der Waals surface area contributed by atoms with Crippen LogP contribution in [0, 0.1) is 0 Å². The molecule has 2 aliphatic heterocycles. The standard InChI is InChI=1S/C18H17Cl2NO3S/c1-18-7-8-21-10-16(18)24-14-6-5-11(9-12(14)18)25(22,23)15-4-2-3-13(19)17(15)20/h2-6,9,16,21H,7-8,10H2,1H3. The van der Waals surface area contributed by atoms with Gasteiger partial charge in [-0.3, -0.25) is 0 Å². The predicted octanol–water partition coefficient (Wildman–Crippen LogP) is 3.84. The fourth-order valence-corrected chi connectivity index (χ4v) is 5.68. The Morgan fingerprint density at radius 1 is 1.24 bits per heavy atom. The summed E-state index contributed by atoms with van der Waals surface area (Å²) in [5.41, 5.74) is 0.753. The van der Waals surface area contributed by atoms with E-state index < -0.39 is 9.84 Å². The smallest absolute Gasteiger partial charge is 0.208 e. The number of hydrogen-bond donors (Lipinski definition) is 1. The van der Waals surface area contributed by atoms with Crippen LogP contribution in [0.5, 0.6) is 5.75 Å². The predicted molar refractivity (Wildman–Crippen MR) is 97.6 cm³/mol. The van der Waals surface area contributed by atoms with E-state index in [1.54, 1.807) is 30.3 Å². The van der Waals surface area contributed by atoms with Crippen molar-refractivity contribution in [2.24, 2.45) is 0 Å². The lowest BCUT2D eigenvalue weighted by Gasteiger charge is -2.35. The van der Waals surface area contributed by atoms with E-state index in [2.05, 4.69) is 12.2 Å². The maximum atomic E-state index is 13.1. The Balaban J connectivity index is 1.84. The van der Waals surface area contributed by atoms with Crippen molar-refractivity contribution in [2.45, 2.75) is 34.7 Å². The highest BCUT2D eigenvalue weighted by atomic mass is 35.5. The molecule has 2 atom stereocenters. The van der Waals surface area contributed by atoms with Crippen LogP contribution in [0.25, 0.3) is 0 Å². The Morgan fingerprint density at radius 2 is 2.04 bits per heavy atom. The minimum Gasteiger partial charge on any atom is -0.488 e. The van der Waals surface area contributed by atoms with Gasteiger partial charge >= 0.3 is 0 Å². The zero-order chi connectivity index (χ0) is 17.8. The van der Waals surface area contributed by atoms with Crippen molar-refractivity contribution >= 4 is 33.0 Å². The van der Waals surface area contributed by atoms with Gasteiger partial charge in [0.15, 0.2) is 0 Å². The van der Waals surface area contributed by atoms with Gasteiger partial charge in [-0.05, 0) is 43.3 Å². The molecule has 2 aromatic carbocycles. The Bertz CT molecular complexity index is 961. The van der Waals surface area contributed by atoms with Gasteiger partial charge in [-0.2, -0.15) is 0 Å². The van der Waals surface area contributed by atoms with E-state index >= 15 is 0 Å². The second kappa shape index (κ2) is 5.88. The van der Waals surface area contributed by atoms with Crippen molar-refractivity contribution in [1.82, 2.24) is 5.32 Å². The fourth-order valence-electron chi connectivity index (χ4n) is 3.64. The summed E-state index contributed by atoms with van der Waals surface area (Å²) < 4.78 is 32.2. The lowest BCUT2D eigenvalue weighted by atomic mass is 9.74. The Hall–Kier alpha value is -1.27. The first-order valence-corrected chi connectivity index (χ1v) is 10.3.